The number of fused-ring (bicyclic) bond motifs is 2. The number of phenolic OH excluding ortho intramolecular Hbond substituents is 2. The van der Waals surface area contributed by atoms with Crippen LogP contribution in [-0.4, -0.2) is 27.2 Å². The summed E-state index contributed by atoms with van der Waals surface area (Å²) in [6, 6.07) is 18.9. The maximum Gasteiger partial charge on any atom is 0.201 e. The SMILES string of the molecule is C=C(c1ccccc1)C(O)C1c2cccc(O)c2C(=O)c2c(O)cccc21. The van der Waals surface area contributed by atoms with Crippen molar-refractivity contribution >= 4 is 11.4 Å². The van der Waals surface area contributed by atoms with Gasteiger partial charge in [-0.25, -0.2) is 0 Å². The van der Waals surface area contributed by atoms with Gasteiger partial charge >= 0.3 is 0 Å². The van der Waals surface area contributed by atoms with Crippen LogP contribution < -0.4 is 0 Å². The number of ketones is 1. The summed E-state index contributed by atoms with van der Waals surface area (Å²) in [5.41, 5.74) is 2.53. The third-order valence-corrected chi connectivity index (χ3v) is 5.09. The molecular weight excluding hydrogens is 340 g/mol. The molecule has 0 radical (unpaired) electrons. The van der Waals surface area contributed by atoms with Crippen molar-refractivity contribution in [2.45, 2.75) is 12.0 Å². The zero-order valence-electron chi connectivity index (χ0n) is 14.5. The molecule has 0 saturated carbocycles. The normalized spacial score (nSPS) is 14.3. The molecule has 0 bridgehead atoms. The van der Waals surface area contributed by atoms with Gasteiger partial charge in [0.25, 0.3) is 0 Å². The molecule has 4 rings (SSSR count). The molecule has 0 fully saturated rings. The fraction of sp³-hybridized carbons (Fsp3) is 0.0870. The molecule has 0 aliphatic heterocycles. The number of aromatic hydroxyl groups is 2. The quantitative estimate of drug-likeness (QED) is 0.665. The Morgan fingerprint density at radius 3 is 1.85 bits per heavy atom. The highest BCUT2D eigenvalue weighted by atomic mass is 16.3. The van der Waals surface area contributed by atoms with Crippen LogP contribution in [0.15, 0.2) is 73.3 Å². The average Bonchev–Trinajstić information content (AvgIpc) is 2.68. The lowest BCUT2D eigenvalue weighted by Gasteiger charge is -2.32. The van der Waals surface area contributed by atoms with Gasteiger partial charge in [-0.3, -0.25) is 4.79 Å². The van der Waals surface area contributed by atoms with Crippen LogP contribution in [0.1, 0.15) is 38.5 Å². The predicted octanol–water partition coefficient (Wildman–Crippen LogP) is 3.85. The van der Waals surface area contributed by atoms with Crippen molar-refractivity contribution < 1.29 is 20.1 Å². The van der Waals surface area contributed by atoms with Crippen LogP contribution >= 0.6 is 0 Å². The van der Waals surface area contributed by atoms with E-state index in [-0.39, 0.29) is 22.6 Å². The number of carbonyl (C=O) groups excluding carboxylic acids is 1. The second-order valence-electron chi connectivity index (χ2n) is 6.63. The van der Waals surface area contributed by atoms with Crippen LogP contribution in [0.5, 0.6) is 11.5 Å². The fourth-order valence-electron chi connectivity index (χ4n) is 3.78. The number of carbonyl (C=O) groups is 1. The van der Waals surface area contributed by atoms with E-state index >= 15 is 0 Å². The predicted molar refractivity (Wildman–Crippen MR) is 103 cm³/mol. The second-order valence-corrected chi connectivity index (χ2v) is 6.63. The molecule has 0 saturated heterocycles. The summed E-state index contributed by atoms with van der Waals surface area (Å²) in [5.74, 6) is -1.44. The molecule has 0 amide bonds. The monoisotopic (exact) mass is 358 g/mol. The van der Waals surface area contributed by atoms with Gasteiger partial charge in [-0.05, 0) is 34.4 Å². The summed E-state index contributed by atoms with van der Waals surface area (Å²) in [6.45, 7) is 4.05. The van der Waals surface area contributed by atoms with Crippen molar-refractivity contribution in [1.29, 1.82) is 0 Å². The van der Waals surface area contributed by atoms with Gasteiger partial charge in [0.2, 0.25) is 5.78 Å². The number of aliphatic hydroxyl groups excluding tert-OH is 1. The molecule has 3 aromatic rings. The van der Waals surface area contributed by atoms with Crippen LogP contribution in [0.2, 0.25) is 0 Å². The third kappa shape index (κ3) is 2.62. The van der Waals surface area contributed by atoms with E-state index in [4.69, 9.17) is 0 Å². The largest absolute Gasteiger partial charge is 0.507 e. The van der Waals surface area contributed by atoms with Crippen molar-refractivity contribution in [3.05, 3.63) is 101 Å². The van der Waals surface area contributed by atoms with E-state index in [9.17, 15) is 20.1 Å². The van der Waals surface area contributed by atoms with Crippen molar-refractivity contribution in [3.8, 4) is 11.5 Å². The highest BCUT2D eigenvalue weighted by Gasteiger charge is 2.39. The molecule has 0 spiro atoms. The zero-order chi connectivity index (χ0) is 19.1. The standard InChI is InChI=1S/C23H18O4/c1-13(14-7-3-2-4-8-14)22(26)19-15-9-5-11-17(24)20(15)23(27)21-16(19)10-6-12-18(21)25/h2-12,19,22,24-26H,1H2. The van der Waals surface area contributed by atoms with Crippen LogP contribution in [0.4, 0.5) is 0 Å². The van der Waals surface area contributed by atoms with E-state index in [1.807, 2.05) is 30.3 Å². The number of hydrogen-bond acceptors (Lipinski definition) is 4. The number of hydrogen-bond donors (Lipinski definition) is 3. The molecule has 0 heterocycles. The van der Waals surface area contributed by atoms with Crippen LogP contribution in [0.3, 0.4) is 0 Å². The van der Waals surface area contributed by atoms with Gasteiger partial charge in [0.1, 0.15) is 11.5 Å². The number of rotatable bonds is 3. The summed E-state index contributed by atoms with van der Waals surface area (Å²) in [6.07, 6.45) is -1.04. The Balaban J connectivity index is 1.92. The van der Waals surface area contributed by atoms with Crippen molar-refractivity contribution in [3.63, 3.8) is 0 Å². The summed E-state index contributed by atoms with van der Waals surface area (Å²) in [5, 5.41) is 31.8. The molecule has 1 atom stereocenters. The van der Waals surface area contributed by atoms with Gasteiger partial charge in [0, 0.05) is 5.92 Å². The first-order valence-electron chi connectivity index (χ1n) is 8.61. The average molecular weight is 358 g/mol. The molecule has 134 valence electrons. The van der Waals surface area contributed by atoms with Crippen molar-refractivity contribution in [2.75, 3.05) is 0 Å². The van der Waals surface area contributed by atoms with E-state index in [1.165, 1.54) is 12.1 Å². The van der Waals surface area contributed by atoms with E-state index in [0.717, 1.165) is 5.56 Å². The van der Waals surface area contributed by atoms with Gasteiger partial charge in [-0.2, -0.15) is 0 Å². The number of aliphatic hydroxyl groups is 1. The molecule has 1 unspecified atom stereocenters. The molecule has 3 N–H and O–H groups in total. The highest BCUT2D eigenvalue weighted by Crippen LogP contribution is 2.46. The van der Waals surface area contributed by atoms with Gasteiger partial charge in [-0.15, -0.1) is 0 Å². The Morgan fingerprint density at radius 1 is 0.815 bits per heavy atom. The van der Waals surface area contributed by atoms with Crippen molar-refractivity contribution in [2.24, 2.45) is 0 Å². The molecule has 4 heteroatoms. The third-order valence-electron chi connectivity index (χ3n) is 5.09. The van der Waals surface area contributed by atoms with Crippen LogP contribution in [-0.2, 0) is 0 Å². The number of phenols is 2. The first-order chi connectivity index (χ1) is 13.0. The summed E-state index contributed by atoms with van der Waals surface area (Å²) < 4.78 is 0. The van der Waals surface area contributed by atoms with Gasteiger partial charge < -0.3 is 15.3 Å². The van der Waals surface area contributed by atoms with E-state index < -0.39 is 17.8 Å². The van der Waals surface area contributed by atoms with Gasteiger partial charge in [0.05, 0.1) is 17.2 Å². The first-order valence-corrected chi connectivity index (χ1v) is 8.61. The molecule has 27 heavy (non-hydrogen) atoms. The smallest absolute Gasteiger partial charge is 0.201 e. The molecular formula is C23H18O4. The Kier molecular flexibility index (Phi) is 4.05. The topological polar surface area (TPSA) is 77.8 Å². The Bertz CT molecular complexity index is 998. The highest BCUT2D eigenvalue weighted by molar-refractivity contribution is 6.16. The minimum absolute atomic E-state index is 0.108. The van der Waals surface area contributed by atoms with Crippen LogP contribution in [0, 0.1) is 0 Å². The van der Waals surface area contributed by atoms with Gasteiger partial charge in [0.15, 0.2) is 0 Å². The van der Waals surface area contributed by atoms with E-state index in [0.29, 0.717) is 16.7 Å². The second kappa shape index (κ2) is 6.41. The maximum absolute atomic E-state index is 12.9. The van der Waals surface area contributed by atoms with Crippen molar-refractivity contribution in [1.82, 2.24) is 0 Å². The fourth-order valence-corrected chi connectivity index (χ4v) is 3.78. The molecule has 1 aliphatic rings. The van der Waals surface area contributed by atoms with E-state index in [2.05, 4.69) is 6.58 Å². The Hall–Kier alpha value is -3.37. The molecule has 1 aliphatic carbocycles. The minimum Gasteiger partial charge on any atom is -0.507 e. The molecule has 0 aromatic heterocycles. The summed E-state index contributed by atoms with van der Waals surface area (Å²) in [7, 11) is 0. The lowest BCUT2D eigenvalue weighted by atomic mass is 9.72. The number of benzene rings is 3. The lowest BCUT2D eigenvalue weighted by molar-refractivity contribution is 0.102. The molecule has 3 aromatic carbocycles. The minimum atomic E-state index is -1.04. The summed E-state index contributed by atoms with van der Waals surface area (Å²) in [4.78, 5) is 12.9. The Morgan fingerprint density at radius 2 is 1.33 bits per heavy atom. The Labute approximate surface area is 156 Å². The van der Waals surface area contributed by atoms with Gasteiger partial charge in [-0.1, -0.05) is 61.2 Å². The zero-order valence-corrected chi connectivity index (χ0v) is 14.5. The molecule has 4 nitrogen and oxygen atoms in total. The lowest BCUT2D eigenvalue weighted by Crippen LogP contribution is -2.28. The first kappa shape index (κ1) is 17.1. The van der Waals surface area contributed by atoms with Crippen LogP contribution in [0.25, 0.3) is 5.57 Å². The van der Waals surface area contributed by atoms with E-state index in [1.54, 1.807) is 24.3 Å². The summed E-state index contributed by atoms with van der Waals surface area (Å²) >= 11 is 0. The maximum atomic E-state index is 12.9.